The average Bonchev–Trinajstić information content (AvgIpc) is 2.92. The van der Waals surface area contributed by atoms with Crippen LogP contribution in [0.15, 0.2) is 42.5 Å². The molecule has 1 N–H and O–H groups in total. The number of aromatic nitrogens is 1. The Balaban J connectivity index is 1.60. The fraction of sp³-hybridized carbons (Fsp3) is 0.444. The summed E-state index contributed by atoms with van der Waals surface area (Å²) in [6, 6.07) is 10.6. The van der Waals surface area contributed by atoms with Gasteiger partial charge >= 0.3 is 0 Å². The molecule has 1 saturated heterocycles. The molecule has 1 aromatic heterocycles. The van der Waals surface area contributed by atoms with Crippen LogP contribution in [0.4, 0.5) is 14.6 Å². The highest BCUT2D eigenvalue weighted by Gasteiger charge is 2.35. The van der Waals surface area contributed by atoms with Crippen LogP contribution in [0.25, 0.3) is 11.1 Å². The van der Waals surface area contributed by atoms with E-state index < -0.39 is 23.7 Å². The first-order valence-corrected chi connectivity index (χ1v) is 15.3. The van der Waals surface area contributed by atoms with Gasteiger partial charge in [-0.15, -0.1) is 0 Å². The summed E-state index contributed by atoms with van der Waals surface area (Å²) in [4.78, 5) is 45.6. The zero-order chi connectivity index (χ0) is 32.3. The number of benzene rings is 2. The number of anilines is 1. The predicted octanol–water partition coefficient (Wildman–Crippen LogP) is 7.48. The largest absolute Gasteiger partial charge is 0.355 e. The number of nitrogens with one attached hydrogen (secondary N) is 1. The molecule has 0 radical (unpaired) electrons. The van der Waals surface area contributed by atoms with Crippen LogP contribution in [0.2, 0.25) is 0 Å². The van der Waals surface area contributed by atoms with E-state index in [0.29, 0.717) is 40.7 Å². The van der Waals surface area contributed by atoms with Crippen LogP contribution in [0.5, 0.6) is 0 Å². The van der Waals surface area contributed by atoms with Gasteiger partial charge in [-0.05, 0) is 103 Å². The molecule has 6 nitrogen and oxygen atoms in total. The highest BCUT2D eigenvalue weighted by atomic mass is 19.1. The number of carbonyl (C=O) groups excluding carboxylic acids is 3. The van der Waals surface area contributed by atoms with Crippen molar-refractivity contribution >= 4 is 23.8 Å². The Labute approximate surface area is 259 Å². The molecule has 1 aliphatic rings. The summed E-state index contributed by atoms with van der Waals surface area (Å²) in [7, 11) is 0. The van der Waals surface area contributed by atoms with Crippen molar-refractivity contribution in [3.63, 3.8) is 0 Å². The summed E-state index contributed by atoms with van der Waals surface area (Å²) in [6.07, 6.45) is 0.872. The average molecular weight is 604 g/mol. The van der Waals surface area contributed by atoms with E-state index in [1.807, 2.05) is 19.9 Å². The lowest BCUT2D eigenvalue weighted by molar-refractivity contribution is -0.126. The second-order valence-corrected chi connectivity index (χ2v) is 13.4. The normalized spacial score (nSPS) is 15.5. The van der Waals surface area contributed by atoms with Crippen molar-refractivity contribution in [3.05, 3.63) is 82.0 Å². The first-order chi connectivity index (χ1) is 20.7. The number of halogens is 2. The van der Waals surface area contributed by atoms with E-state index in [1.165, 1.54) is 12.1 Å². The maximum Gasteiger partial charge on any atom is 0.224 e. The molecule has 1 amide bonds. The lowest BCUT2D eigenvalue weighted by Gasteiger charge is -2.46. The molecule has 2 aromatic carbocycles. The molecule has 234 valence electrons. The Kier molecular flexibility index (Phi) is 10.0. The van der Waals surface area contributed by atoms with Crippen LogP contribution in [-0.4, -0.2) is 36.1 Å². The van der Waals surface area contributed by atoms with Crippen molar-refractivity contribution in [2.24, 2.45) is 17.3 Å². The van der Waals surface area contributed by atoms with Gasteiger partial charge in [0.15, 0.2) is 5.78 Å². The van der Waals surface area contributed by atoms with E-state index in [0.717, 1.165) is 24.5 Å². The summed E-state index contributed by atoms with van der Waals surface area (Å²) in [6.45, 7) is 15.2. The van der Waals surface area contributed by atoms with Crippen LogP contribution in [0, 0.1) is 49.7 Å². The monoisotopic (exact) mass is 603 g/mol. The summed E-state index contributed by atoms with van der Waals surface area (Å²) >= 11 is 0. The van der Waals surface area contributed by atoms with Crippen LogP contribution >= 0.6 is 0 Å². The fourth-order valence-corrected chi connectivity index (χ4v) is 6.29. The van der Waals surface area contributed by atoms with Crippen molar-refractivity contribution < 1.29 is 23.2 Å². The zero-order valence-corrected chi connectivity index (χ0v) is 26.8. The Morgan fingerprint density at radius 2 is 1.68 bits per heavy atom. The van der Waals surface area contributed by atoms with Crippen molar-refractivity contribution in [3.8, 4) is 11.1 Å². The van der Waals surface area contributed by atoms with E-state index >= 15 is 4.39 Å². The van der Waals surface area contributed by atoms with Crippen molar-refractivity contribution in [2.75, 3.05) is 18.0 Å². The molecular weight excluding hydrogens is 560 g/mol. The SMILES string of the molecule is Cc1cc(-c2c(C)cc(F)cc2C)cc(C(CC=O)NC(=O)[C@@H](CC(=O)c2cccc(N3CC(C)(C)C3)n2)CC(C)C)c1F. The number of aldehydes is 1. The predicted molar refractivity (Wildman–Crippen MR) is 170 cm³/mol. The first-order valence-electron chi connectivity index (χ1n) is 15.3. The number of hydrogen-bond acceptors (Lipinski definition) is 5. The summed E-state index contributed by atoms with van der Waals surface area (Å²) < 4.78 is 29.6. The van der Waals surface area contributed by atoms with Crippen molar-refractivity contribution in [2.45, 2.75) is 73.8 Å². The molecule has 4 rings (SSSR count). The van der Waals surface area contributed by atoms with Gasteiger partial charge in [-0.25, -0.2) is 13.8 Å². The molecular formula is C36H43F2N3O3. The quantitative estimate of drug-likeness (QED) is 0.172. The van der Waals surface area contributed by atoms with Gasteiger partial charge in [0.2, 0.25) is 5.91 Å². The molecule has 0 bridgehead atoms. The third-order valence-electron chi connectivity index (χ3n) is 8.23. The van der Waals surface area contributed by atoms with Crippen LogP contribution in [-0.2, 0) is 9.59 Å². The van der Waals surface area contributed by atoms with E-state index in [9.17, 15) is 18.8 Å². The molecule has 44 heavy (non-hydrogen) atoms. The van der Waals surface area contributed by atoms with E-state index in [2.05, 4.69) is 29.0 Å². The number of nitrogens with zero attached hydrogens (tertiary/aromatic N) is 2. The van der Waals surface area contributed by atoms with Crippen LogP contribution in [0.1, 0.15) is 85.7 Å². The maximum absolute atomic E-state index is 15.6. The van der Waals surface area contributed by atoms with Gasteiger partial charge in [0.25, 0.3) is 0 Å². The minimum atomic E-state index is -0.944. The standard InChI is InChI=1S/C36H43F2N3O3/c1-21(2)13-26(18-31(43)30-9-8-10-32(39-30)41-19-36(6,7)20-41)35(44)40-29(11-12-42)28-17-25(14-24(5)34(28)38)33-22(3)15-27(37)16-23(33)4/h8-10,12,14-17,21,26,29H,11,13,18-20H2,1-7H3,(H,40,44)/t26-,29?/m1/s1. The second kappa shape index (κ2) is 13.4. The number of amides is 1. The molecule has 1 fully saturated rings. The third-order valence-corrected chi connectivity index (χ3v) is 8.23. The first kappa shape index (κ1) is 33.0. The molecule has 8 heteroatoms. The highest BCUT2D eigenvalue weighted by Crippen LogP contribution is 2.35. The van der Waals surface area contributed by atoms with Gasteiger partial charge in [0, 0.05) is 37.4 Å². The fourth-order valence-electron chi connectivity index (χ4n) is 6.29. The Hall–Kier alpha value is -3.94. The zero-order valence-electron chi connectivity index (χ0n) is 26.8. The molecule has 0 saturated carbocycles. The minimum absolute atomic E-state index is 0.0602. The lowest BCUT2D eigenvalue weighted by Crippen LogP contribution is -2.53. The molecule has 0 spiro atoms. The van der Waals surface area contributed by atoms with Gasteiger partial charge in [0.05, 0.1) is 6.04 Å². The molecule has 1 unspecified atom stereocenters. The van der Waals surface area contributed by atoms with Gasteiger partial charge in [-0.2, -0.15) is 0 Å². The highest BCUT2D eigenvalue weighted by molar-refractivity contribution is 5.97. The number of pyridine rings is 1. The Bertz CT molecular complexity index is 1540. The Morgan fingerprint density at radius 1 is 1.02 bits per heavy atom. The third kappa shape index (κ3) is 7.58. The summed E-state index contributed by atoms with van der Waals surface area (Å²) in [5, 5.41) is 2.89. The molecule has 1 aliphatic heterocycles. The Morgan fingerprint density at radius 3 is 2.27 bits per heavy atom. The number of hydrogen-bond donors (Lipinski definition) is 1. The van der Waals surface area contributed by atoms with Crippen LogP contribution in [0.3, 0.4) is 0 Å². The summed E-state index contributed by atoms with van der Waals surface area (Å²) in [5.41, 5.74) is 3.85. The van der Waals surface area contributed by atoms with Gasteiger partial charge < -0.3 is 15.0 Å². The number of carbonyl (C=O) groups is 3. The molecule has 0 aliphatic carbocycles. The van der Waals surface area contributed by atoms with Crippen molar-refractivity contribution in [1.29, 1.82) is 0 Å². The number of Topliss-reactive ketones (excluding diaryl/α,β-unsaturated/α-hetero) is 1. The molecule has 3 aromatic rings. The molecule has 2 heterocycles. The van der Waals surface area contributed by atoms with E-state index in [4.69, 9.17) is 0 Å². The number of ketones is 1. The second-order valence-electron chi connectivity index (χ2n) is 13.4. The van der Waals surface area contributed by atoms with E-state index in [-0.39, 0.29) is 41.3 Å². The molecule has 2 atom stereocenters. The van der Waals surface area contributed by atoms with E-state index in [1.54, 1.807) is 45.0 Å². The van der Waals surface area contributed by atoms with Crippen molar-refractivity contribution in [1.82, 2.24) is 10.3 Å². The summed E-state index contributed by atoms with van der Waals surface area (Å²) in [5.74, 6) is -1.39. The minimum Gasteiger partial charge on any atom is -0.355 e. The number of aryl methyl sites for hydroxylation is 3. The smallest absolute Gasteiger partial charge is 0.224 e. The number of rotatable bonds is 12. The maximum atomic E-state index is 15.6. The van der Waals surface area contributed by atoms with Gasteiger partial charge in [-0.1, -0.05) is 33.8 Å². The topological polar surface area (TPSA) is 79.4 Å². The van der Waals surface area contributed by atoms with Gasteiger partial charge in [0.1, 0.15) is 29.4 Å². The van der Waals surface area contributed by atoms with Crippen LogP contribution < -0.4 is 10.2 Å². The van der Waals surface area contributed by atoms with Gasteiger partial charge in [-0.3, -0.25) is 9.59 Å². The lowest BCUT2D eigenvalue weighted by atomic mass is 9.84.